The number of aryl methyl sites for hydroxylation is 2. The van der Waals surface area contributed by atoms with Gasteiger partial charge in [-0.2, -0.15) is 0 Å². The van der Waals surface area contributed by atoms with Gasteiger partial charge < -0.3 is 24.7 Å². The van der Waals surface area contributed by atoms with Crippen molar-refractivity contribution < 1.29 is 9.47 Å². The Balaban J connectivity index is 1.94. The van der Waals surface area contributed by atoms with Crippen molar-refractivity contribution in [3.8, 4) is 11.5 Å². The first-order chi connectivity index (χ1) is 14.5. The summed E-state index contributed by atoms with van der Waals surface area (Å²) in [4.78, 5) is 10.2. The van der Waals surface area contributed by atoms with Crippen LogP contribution in [0.25, 0.3) is 0 Å². The van der Waals surface area contributed by atoms with Gasteiger partial charge in [0.25, 0.3) is 0 Å². The summed E-state index contributed by atoms with van der Waals surface area (Å²) in [6.07, 6.45) is 1.81. The predicted molar refractivity (Wildman–Crippen MR) is 130 cm³/mol. The molecule has 1 aromatic carbocycles. The molecule has 0 amide bonds. The third kappa shape index (κ3) is 3.51. The number of methoxy groups -OCH3 is 2. The van der Waals surface area contributed by atoms with Gasteiger partial charge in [-0.3, -0.25) is 4.98 Å². The van der Waals surface area contributed by atoms with Crippen LogP contribution in [0, 0.1) is 17.4 Å². The highest BCUT2D eigenvalue weighted by Gasteiger charge is 2.44. The molecule has 0 bridgehead atoms. The minimum atomic E-state index is -0.114. The van der Waals surface area contributed by atoms with Crippen molar-refractivity contribution in [2.45, 2.75) is 25.9 Å². The minimum Gasteiger partial charge on any atom is -0.497 e. The second kappa shape index (κ2) is 8.43. The first kappa shape index (κ1) is 20.9. The topological polar surface area (TPSA) is 62.4 Å². The van der Waals surface area contributed by atoms with E-state index in [1.165, 1.54) is 9.13 Å². The maximum Gasteiger partial charge on any atom is 0.174 e. The number of benzene rings is 1. The number of hydrogen-bond donors (Lipinski definition) is 2. The van der Waals surface area contributed by atoms with Gasteiger partial charge in [0.05, 0.1) is 37.7 Å². The van der Waals surface area contributed by atoms with Gasteiger partial charge in [-0.15, -0.1) is 0 Å². The molecule has 1 aliphatic heterocycles. The van der Waals surface area contributed by atoms with Crippen molar-refractivity contribution in [2.75, 3.05) is 19.1 Å². The van der Waals surface area contributed by atoms with Crippen molar-refractivity contribution in [1.29, 1.82) is 0 Å². The lowest BCUT2D eigenvalue weighted by Crippen LogP contribution is -2.30. The highest BCUT2D eigenvalue weighted by molar-refractivity contribution is 14.1. The average molecular weight is 534 g/mol. The molecular weight excluding hydrogens is 511 g/mol. The lowest BCUT2D eigenvalue weighted by atomic mass is 9.96. The molecule has 0 spiro atoms. The summed E-state index contributed by atoms with van der Waals surface area (Å²) >= 11 is 8.24. The molecule has 1 aliphatic rings. The van der Waals surface area contributed by atoms with Gasteiger partial charge in [-0.25, -0.2) is 0 Å². The second-order valence-corrected chi connectivity index (χ2v) is 8.60. The van der Waals surface area contributed by atoms with Crippen LogP contribution < -0.4 is 19.7 Å². The normalized spacial score (nSPS) is 18.4. The Morgan fingerprint density at radius 3 is 2.50 bits per heavy atom. The Morgan fingerprint density at radius 2 is 1.90 bits per heavy atom. The van der Waals surface area contributed by atoms with E-state index in [4.69, 9.17) is 21.7 Å². The van der Waals surface area contributed by atoms with E-state index in [2.05, 4.69) is 56.6 Å². The maximum absolute atomic E-state index is 5.84. The number of hydrogen-bond acceptors (Lipinski definition) is 4. The number of ether oxygens (including phenoxy) is 2. The van der Waals surface area contributed by atoms with Gasteiger partial charge in [0.2, 0.25) is 0 Å². The summed E-state index contributed by atoms with van der Waals surface area (Å²) < 4.78 is 12.4. The van der Waals surface area contributed by atoms with Gasteiger partial charge in [0.15, 0.2) is 5.11 Å². The van der Waals surface area contributed by atoms with E-state index < -0.39 is 0 Å². The number of thiocarbonyl (C=S) groups is 1. The number of nitrogens with zero attached hydrogens (tertiary/aromatic N) is 2. The minimum absolute atomic E-state index is 0.106. The van der Waals surface area contributed by atoms with E-state index in [1.807, 2.05) is 42.6 Å². The fraction of sp³-hybridized carbons (Fsp3) is 0.273. The molecule has 1 fully saturated rings. The van der Waals surface area contributed by atoms with Crippen LogP contribution in [0.1, 0.15) is 34.7 Å². The summed E-state index contributed by atoms with van der Waals surface area (Å²) in [5.74, 6) is 1.47. The molecule has 2 aromatic heterocycles. The fourth-order valence-electron chi connectivity index (χ4n) is 4.01. The molecule has 156 valence electrons. The van der Waals surface area contributed by atoms with Crippen molar-refractivity contribution >= 4 is 45.6 Å². The third-order valence-corrected chi connectivity index (χ3v) is 7.09. The Morgan fingerprint density at radius 1 is 1.10 bits per heavy atom. The lowest BCUT2D eigenvalue weighted by Gasteiger charge is -2.29. The highest BCUT2D eigenvalue weighted by Crippen LogP contribution is 2.47. The largest absolute Gasteiger partial charge is 0.497 e. The highest BCUT2D eigenvalue weighted by atomic mass is 127. The number of anilines is 1. The molecule has 3 heterocycles. The van der Waals surface area contributed by atoms with Gasteiger partial charge in [0, 0.05) is 32.8 Å². The summed E-state index contributed by atoms with van der Waals surface area (Å²) in [6.45, 7) is 4.19. The Bertz CT molecular complexity index is 1090. The van der Waals surface area contributed by atoms with Crippen LogP contribution in [-0.4, -0.2) is 29.3 Å². The van der Waals surface area contributed by atoms with Gasteiger partial charge in [-0.05, 0) is 72.9 Å². The molecule has 0 saturated carbocycles. The Kier molecular flexibility index (Phi) is 5.88. The third-order valence-electron chi connectivity index (χ3n) is 5.38. The molecule has 0 aliphatic carbocycles. The number of halogens is 1. The number of nitrogens with one attached hydrogen (secondary N) is 2. The van der Waals surface area contributed by atoms with Crippen molar-refractivity contribution in [3.63, 3.8) is 0 Å². The van der Waals surface area contributed by atoms with Crippen LogP contribution in [0.15, 0.2) is 42.6 Å². The van der Waals surface area contributed by atoms with Crippen molar-refractivity contribution in [2.24, 2.45) is 0 Å². The molecule has 2 N–H and O–H groups in total. The smallest absolute Gasteiger partial charge is 0.174 e. The summed E-state index contributed by atoms with van der Waals surface area (Å²) in [6, 6.07) is 11.5. The summed E-state index contributed by atoms with van der Waals surface area (Å²) in [5, 5.41) is 4.12. The Hall–Kier alpha value is -2.33. The average Bonchev–Trinajstić information content (AvgIpc) is 3.22. The lowest BCUT2D eigenvalue weighted by molar-refractivity contribution is 0.403. The van der Waals surface area contributed by atoms with Crippen molar-refractivity contribution in [3.05, 3.63) is 68.8 Å². The number of aromatic nitrogens is 2. The quantitative estimate of drug-likeness (QED) is 0.362. The zero-order valence-electron chi connectivity index (χ0n) is 17.2. The van der Waals surface area contributed by atoms with Crippen LogP contribution >= 0.6 is 34.8 Å². The van der Waals surface area contributed by atoms with Gasteiger partial charge in [-0.1, -0.05) is 6.07 Å². The number of rotatable bonds is 5. The van der Waals surface area contributed by atoms with E-state index in [9.17, 15) is 0 Å². The molecule has 3 aromatic rings. The van der Waals surface area contributed by atoms with E-state index >= 15 is 0 Å². The molecule has 2 unspecified atom stereocenters. The zero-order valence-corrected chi connectivity index (χ0v) is 20.2. The van der Waals surface area contributed by atoms with E-state index in [0.717, 1.165) is 34.3 Å². The van der Waals surface area contributed by atoms with E-state index in [0.29, 0.717) is 5.11 Å². The number of H-pyrrole nitrogens is 1. The van der Waals surface area contributed by atoms with Crippen LogP contribution in [0.4, 0.5) is 5.69 Å². The molecule has 1 saturated heterocycles. The van der Waals surface area contributed by atoms with E-state index in [1.54, 1.807) is 14.2 Å². The fourth-order valence-corrected chi connectivity index (χ4v) is 5.21. The maximum atomic E-state index is 5.84. The predicted octanol–water partition coefficient (Wildman–Crippen LogP) is 4.83. The van der Waals surface area contributed by atoms with Crippen LogP contribution in [0.5, 0.6) is 11.5 Å². The second-order valence-electron chi connectivity index (χ2n) is 7.14. The van der Waals surface area contributed by atoms with Crippen LogP contribution in [0.2, 0.25) is 0 Å². The van der Waals surface area contributed by atoms with Gasteiger partial charge in [0.1, 0.15) is 11.5 Å². The SMILES string of the molecule is COc1ccc(OC)c(N2C(=S)NC(c3ccccn3)C2c2c(C)[nH]c(C)c2I)c1. The molecule has 8 heteroatoms. The van der Waals surface area contributed by atoms with Gasteiger partial charge >= 0.3 is 0 Å². The molecule has 6 nitrogen and oxygen atoms in total. The first-order valence-electron chi connectivity index (χ1n) is 9.53. The number of aromatic amines is 1. The monoisotopic (exact) mass is 534 g/mol. The summed E-state index contributed by atoms with van der Waals surface area (Å²) in [5.41, 5.74) is 5.23. The molecule has 0 radical (unpaired) electrons. The first-order valence-corrected chi connectivity index (χ1v) is 11.0. The molecule has 30 heavy (non-hydrogen) atoms. The van der Waals surface area contributed by atoms with E-state index in [-0.39, 0.29) is 12.1 Å². The van der Waals surface area contributed by atoms with Crippen LogP contribution in [0.3, 0.4) is 0 Å². The molecular formula is C22H23IN4O2S. The molecule has 4 rings (SSSR count). The zero-order chi connectivity index (χ0) is 21.4. The number of pyridine rings is 1. The van der Waals surface area contributed by atoms with Crippen LogP contribution in [-0.2, 0) is 0 Å². The Labute approximate surface area is 195 Å². The standard InChI is InChI=1S/C22H23IN4O2S/c1-12-18(19(23)13(2)25-12)21-20(15-7-5-6-10-24-15)26-22(30)27(21)16-11-14(28-3)8-9-17(16)29-4/h5-11,20-21,25H,1-4H3,(H,26,30). The van der Waals surface area contributed by atoms with Crippen molar-refractivity contribution in [1.82, 2.24) is 15.3 Å². The summed E-state index contributed by atoms with van der Waals surface area (Å²) in [7, 11) is 3.32. The molecule has 2 atom stereocenters.